The van der Waals surface area contributed by atoms with Crippen LogP contribution < -0.4 is 10.1 Å². The van der Waals surface area contributed by atoms with Crippen molar-refractivity contribution in [2.75, 3.05) is 0 Å². The van der Waals surface area contributed by atoms with E-state index >= 15 is 0 Å². The van der Waals surface area contributed by atoms with Crippen LogP contribution in [0.15, 0.2) is 30.5 Å². The summed E-state index contributed by atoms with van der Waals surface area (Å²) >= 11 is 0. The first-order chi connectivity index (χ1) is 9.99. The van der Waals surface area contributed by atoms with Crippen LogP contribution in [-0.4, -0.2) is 17.1 Å². The second kappa shape index (κ2) is 6.90. The van der Waals surface area contributed by atoms with E-state index in [1.165, 1.54) is 10.9 Å². The Morgan fingerprint density at radius 1 is 1.05 bits per heavy atom. The summed E-state index contributed by atoms with van der Waals surface area (Å²) in [5.74, 6) is 1.20. The van der Waals surface area contributed by atoms with Gasteiger partial charge in [0.2, 0.25) is 5.88 Å². The lowest BCUT2D eigenvalue weighted by Gasteiger charge is -2.19. The van der Waals surface area contributed by atoms with Gasteiger partial charge < -0.3 is 10.1 Å². The van der Waals surface area contributed by atoms with Gasteiger partial charge in [-0.25, -0.2) is 4.98 Å². The first kappa shape index (κ1) is 15.8. The lowest BCUT2D eigenvalue weighted by atomic mass is 10.1. The normalized spacial score (nSPS) is 13.1. The van der Waals surface area contributed by atoms with E-state index < -0.39 is 0 Å². The van der Waals surface area contributed by atoms with Gasteiger partial charge in [0.25, 0.3) is 0 Å². The monoisotopic (exact) mass is 286 g/mol. The SMILES string of the molecule is CC(C)NCc1cnc(OC(C)C(C)C)c2ccccc12. The van der Waals surface area contributed by atoms with Crippen molar-refractivity contribution >= 4 is 10.8 Å². The molecule has 2 aromatic rings. The zero-order valence-corrected chi connectivity index (χ0v) is 13.7. The molecule has 1 atom stereocenters. The maximum Gasteiger partial charge on any atom is 0.221 e. The van der Waals surface area contributed by atoms with E-state index in [0.717, 1.165) is 17.8 Å². The predicted octanol–water partition coefficient (Wildman–Crippen LogP) is 4.16. The third-order valence-corrected chi connectivity index (χ3v) is 3.78. The molecule has 1 unspecified atom stereocenters. The highest BCUT2D eigenvalue weighted by Crippen LogP contribution is 2.27. The van der Waals surface area contributed by atoms with Crippen molar-refractivity contribution in [1.82, 2.24) is 10.3 Å². The maximum atomic E-state index is 6.04. The molecule has 21 heavy (non-hydrogen) atoms. The third-order valence-electron chi connectivity index (χ3n) is 3.78. The summed E-state index contributed by atoms with van der Waals surface area (Å²) in [6.45, 7) is 11.5. The topological polar surface area (TPSA) is 34.2 Å². The lowest BCUT2D eigenvalue weighted by Crippen LogP contribution is -2.22. The summed E-state index contributed by atoms with van der Waals surface area (Å²) in [4.78, 5) is 4.54. The molecule has 1 heterocycles. The fourth-order valence-electron chi connectivity index (χ4n) is 2.09. The Hall–Kier alpha value is -1.61. The Kier molecular flexibility index (Phi) is 5.18. The average Bonchev–Trinajstić information content (AvgIpc) is 2.46. The van der Waals surface area contributed by atoms with Crippen LogP contribution in [0.25, 0.3) is 10.8 Å². The zero-order chi connectivity index (χ0) is 15.4. The molecule has 1 N–H and O–H groups in total. The minimum atomic E-state index is 0.153. The van der Waals surface area contributed by atoms with Gasteiger partial charge in [0.05, 0.1) is 6.10 Å². The summed E-state index contributed by atoms with van der Waals surface area (Å²) in [6.07, 6.45) is 2.08. The quantitative estimate of drug-likeness (QED) is 0.866. The largest absolute Gasteiger partial charge is 0.474 e. The van der Waals surface area contributed by atoms with Crippen LogP contribution in [-0.2, 0) is 6.54 Å². The Balaban J connectivity index is 2.35. The van der Waals surface area contributed by atoms with Crippen LogP contribution >= 0.6 is 0 Å². The number of aromatic nitrogens is 1. The third kappa shape index (κ3) is 3.94. The molecule has 0 aliphatic rings. The van der Waals surface area contributed by atoms with E-state index in [-0.39, 0.29) is 6.10 Å². The molecule has 0 fully saturated rings. The molecule has 1 aromatic heterocycles. The molecular formula is C18H26N2O. The molecule has 0 amide bonds. The Morgan fingerprint density at radius 3 is 2.33 bits per heavy atom. The van der Waals surface area contributed by atoms with Gasteiger partial charge in [-0.3, -0.25) is 0 Å². The molecule has 0 saturated heterocycles. The number of fused-ring (bicyclic) bond motifs is 1. The number of hydrogen-bond acceptors (Lipinski definition) is 3. The molecule has 1 aromatic carbocycles. The van der Waals surface area contributed by atoms with Crippen LogP contribution in [0.4, 0.5) is 0 Å². The van der Waals surface area contributed by atoms with Crippen LogP contribution in [0.3, 0.4) is 0 Å². The maximum absolute atomic E-state index is 6.04. The van der Waals surface area contributed by atoms with E-state index in [1.54, 1.807) is 0 Å². The van der Waals surface area contributed by atoms with Crippen molar-refractivity contribution in [3.05, 3.63) is 36.0 Å². The fourth-order valence-corrected chi connectivity index (χ4v) is 2.09. The second-order valence-corrected chi connectivity index (χ2v) is 6.24. The predicted molar refractivity (Wildman–Crippen MR) is 88.6 cm³/mol. The van der Waals surface area contributed by atoms with Crippen LogP contribution in [0.2, 0.25) is 0 Å². The highest BCUT2D eigenvalue weighted by Gasteiger charge is 2.13. The van der Waals surface area contributed by atoms with Crippen molar-refractivity contribution in [3.8, 4) is 5.88 Å². The Morgan fingerprint density at radius 2 is 1.71 bits per heavy atom. The fraction of sp³-hybridized carbons (Fsp3) is 0.500. The second-order valence-electron chi connectivity index (χ2n) is 6.24. The number of ether oxygens (including phenoxy) is 1. The van der Waals surface area contributed by atoms with Gasteiger partial charge in [0, 0.05) is 24.2 Å². The molecule has 0 aliphatic heterocycles. The van der Waals surface area contributed by atoms with Crippen LogP contribution in [0, 0.1) is 5.92 Å². The molecule has 2 rings (SSSR count). The van der Waals surface area contributed by atoms with Gasteiger partial charge in [-0.1, -0.05) is 45.9 Å². The van der Waals surface area contributed by atoms with E-state index in [1.807, 2.05) is 12.3 Å². The molecule has 3 nitrogen and oxygen atoms in total. The first-order valence-electron chi connectivity index (χ1n) is 7.75. The zero-order valence-electron chi connectivity index (χ0n) is 13.7. The Bertz CT molecular complexity index is 593. The smallest absolute Gasteiger partial charge is 0.221 e. The van der Waals surface area contributed by atoms with Gasteiger partial charge in [0.15, 0.2) is 0 Å². The van der Waals surface area contributed by atoms with Crippen molar-refractivity contribution in [3.63, 3.8) is 0 Å². The number of nitrogens with zero attached hydrogens (tertiary/aromatic N) is 1. The van der Waals surface area contributed by atoms with Crippen LogP contribution in [0.1, 0.15) is 40.2 Å². The van der Waals surface area contributed by atoms with Gasteiger partial charge in [0.1, 0.15) is 0 Å². The number of hydrogen-bond donors (Lipinski definition) is 1. The summed E-state index contributed by atoms with van der Waals surface area (Å²) in [7, 11) is 0. The standard InChI is InChI=1S/C18H26N2O/c1-12(2)14(5)21-18-17-9-7-6-8-16(17)15(11-20-18)10-19-13(3)4/h6-9,11-14,19H,10H2,1-5H3. The number of pyridine rings is 1. The minimum absolute atomic E-state index is 0.153. The Labute approximate surface area is 127 Å². The molecular weight excluding hydrogens is 260 g/mol. The molecule has 3 heteroatoms. The molecule has 0 radical (unpaired) electrons. The summed E-state index contributed by atoms with van der Waals surface area (Å²) < 4.78 is 6.04. The number of nitrogens with one attached hydrogen (secondary N) is 1. The average molecular weight is 286 g/mol. The van der Waals surface area contributed by atoms with E-state index in [2.05, 4.69) is 63.1 Å². The first-order valence-corrected chi connectivity index (χ1v) is 7.75. The van der Waals surface area contributed by atoms with Gasteiger partial charge in [-0.05, 0) is 29.9 Å². The highest BCUT2D eigenvalue weighted by atomic mass is 16.5. The molecule has 0 bridgehead atoms. The highest BCUT2D eigenvalue weighted by molar-refractivity contribution is 5.89. The van der Waals surface area contributed by atoms with E-state index in [9.17, 15) is 0 Å². The molecule has 0 saturated carbocycles. The summed E-state index contributed by atoms with van der Waals surface area (Å²) in [5.41, 5.74) is 1.21. The number of rotatable bonds is 6. The molecule has 0 aliphatic carbocycles. The molecule has 0 spiro atoms. The molecule has 114 valence electrons. The lowest BCUT2D eigenvalue weighted by molar-refractivity contribution is 0.166. The van der Waals surface area contributed by atoms with Crippen molar-refractivity contribution in [2.45, 2.75) is 53.3 Å². The van der Waals surface area contributed by atoms with E-state index in [4.69, 9.17) is 4.74 Å². The van der Waals surface area contributed by atoms with Crippen molar-refractivity contribution in [2.24, 2.45) is 5.92 Å². The van der Waals surface area contributed by atoms with Crippen molar-refractivity contribution in [1.29, 1.82) is 0 Å². The van der Waals surface area contributed by atoms with Crippen LogP contribution in [0.5, 0.6) is 5.88 Å². The van der Waals surface area contributed by atoms with Gasteiger partial charge in [-0.15, -0.1) is 0 Å². The van der Waals surface area contributed by atoms with Gasteiger partial charge >= 0.3 is 0 Å². The van der Waals surface area contributed by atoms with Crippen molar-refractivity contribution < 1.29 is 4.74 Å². The van der Waals surface area contributed by atoms with Gasteiger partial charge in [-0.2, -0.15) is 0 Å². The summed E-state index contributed by atoms with van der Waals surface area (Å²) in [5, 5.41) is 5.76. The van der Waals surface area contributed by atoms with E-state index in [0.29, 0.717) is 12.0 Å². The minimum Gasteiger partial charge on any atom is -0.474 e. The summed E-state index contributed by atoms with van der Waals surface area (Å²) in [6, 6.07) is 8.79. The number of benzene rings is 1.